The molecule has 0 saturated carbocycles. The van der Waals surface area contributed by atoms with Crippen molar-refractivity contribution in [3.63, 3.8) is 0 Å². The van der Waals surface area contributed by atoms with Gasteiger partial charge in [-0.3, -0.25) is 0 Å². The van der Waals surface area contributed by atoms with Crippen molar-refractivity contribution in [1.82, 2.24) is 0 Å². The predicted molar refractivity (Wildman–Crippen MR) is 82.4 cm³/mol. The summed E-state index contributed by atoms with van der Waals surface area (Å²) in [6.07, 6.45) is 0. The van der Waals surface area contributed by atoms with Gasteiger partial charge in [-0.1, -0.05) is 29.8 Å². The number of anilines is 1. The molecular formula is C16H19NO2S. The molecule has 106 valence electrons. The Bertz CT molecular complexity index is 749. The first kappa shape index (κ1) is 14.6. The van der Waals surface area contributed by atoms with Crippen LogP contribution >= 0.6 is 0 Å². The number of sulfone groups is 1. The van der Waals surface area contributed by atoms with Crippen LogP contribution in [0.4, 0.5) is 5.69 Å². The lowest BCUT2D eigenvalue weighted by molar-refractivity contribution is 0.595. The van der Waals surface area contributed by atoms with Gasteiger partial charge < -0.3 is 5.73 Å². The molecule has 0 aromatic heterocycles. The Morgan fingerprint density at radius 3 is 2.25 bits per heavy atom. The molecule has 2 aromatic carbocycles. The molecule has 0 heterocycles. The molecule has 2 aromatic rings. The lowest BCUT2D eigenvalue weighted by Gasteiger charge is -2.11. The largest absolute Gasteiger partial charge is 0.398 e. The summed E-state index contributed by atoms with van der Waals surface area (Å²) in [6.45, 7) is 5.73. The number of nitrogen functional groups attached to an aromatic ring is 1. The molecule has 0 aliphatic rings. The Labute approximate surface area is 120 Å². The Balaban J connectivity index is 2.46. The van der Waals surface area contributed by atoms with E-state index in [-0.39, 0.29) is 10.6 Å². The van der Waals surface area contributed by atoms with E-state index < -0.39 is 9.84 Å². The fraction of sp³-hybridized carbons (Fsp3) is 0.250. The molecule has 0 bridgehead atoms. The normalized spacial score (nSPS) is 11.6. The van der Waals surface area contributed by atoms with Crippen LogP contribution in [-0.2, 0) is 15.6 Å². The van der Waals surface area contributed by atoms with Crippen LogP contribution in [0.2, 0.25) is 0 Å². The SMILES string of the molecule is Cc1ccc(C)c(CS(=O)(=O)c2cc(C)ccc2N)c1. The van der Waals surface area contributed by atoms with E-state index in [0.29, 0.717) is 5.69 Å². The van der Waals surface area contributed by atoms with Crippen molar-refractivity contribution in [2.75, 3.05) is 5.73 Å². The first-order valence-corrected chi connectivity index (χ1v) is 8.10. The van der Waals surface area contributed by atoms with E-state index in [4.69, 9.17) is 5.73 Å². The highest BCUT2D eigenvalue weighted by atomic mass is 32.2. The van der Waals surface area contributed by atoms with Gasteiger partial charge in [0.1, 0.15) is 0 Å². The van der Waals surface area contributed by atoms with Crippen LogP contribution in [0.1, 0.15) is 22.3 Å². The van der Waals surface area contributed by atoms with E-state index in [1.165, 1.54) is 0 Å². The van der Waals surface area contributed by atoms with Crippen molar-refractivity contribution < 1.29 is 8.42 Å². The Morgan fingerprint density at radius 1 is 0.950 bits per heavy atom. The number of aryl methyl sites for hydroxylation is 3. The lowest BCUT2D eigenvalue weighted by atomic mass is 10.1. The average molecular weight is 289 g/mol. The highest BCUT2D eigenvalue weighted by molar-refractivity contribution is 7.90. The van der Waals surface area contributed by atoms with Crippen LogP contribution in [0, 0.1) is 20.8 Å². The van der Waals surface area contributed by atoms with Gasteiger partial charge in [0.25, 0.3) is 0 Å². The lowest BCUT2D eigenvalue weighted by Crippen LogP contribution is -2.09. The second-order valence-electron chi connectivity index (χ2n) is 5.23. The van der Waals surface area contributed by atoms with Gasteiger partial charge in [-0.05, 0) is 49.6 Å². The van der Waals surface area contributed by atoms with Crippen LogP contribution in [0.5, 0.6) is 0 Å². The van der Waals surface area contributed by atoms with E-state index in [0.717, 1.165) is 22.3 Å². The van der Waals surface area contributed by atoms with Gasteiger partial charge in [-0.25, -0.2) is 8.42 Å². The highest BCUT2D eigenvalue weighted by Gasteiger charge is 2.19. The Kier molecular flexibility index (Phi) is 3.86. The fourth-order valence-corrected chi connectivity index (χ4v) is 3.82. The van der Waals surface area contributed by atoms with Crippen molar-refractivity contribution in [2.45, 2.75) is 31.4 Å². The van der Waals surface area contributed by atoms with Gasteiger partial charge in [0, 0.05) is 0 Å². The van der Waals surface area contributed by atoms with Crippen LogP contribution < -0.4 is 5.73 Å². The van der Waals surface area contributed by atoms with Crippen LogP contribution in [0.15, 0.2) is 41.3 Å². The Hall–Kier alpha value is -1.81. The molecule has 0 aliphatic carbocycles. The summed E-state index contributed by atoms with van der Waals surface area (Å²) in [5.41, 5.74) is 9.87. The van der Waals surface area contributed by atoms with E-state index >= 15 is 0 Å². The van der Waals surface area contributed by atoms with Gasteiger partial charge in [0.15, 0.2) is 9.84 Å². The zero-order valence-corrected chi connectivity index (χ0v) is 12.8. The van der Waals surface area contributed by atoms with Crippen molar-refractivity contribution >= 4 is 15.5 Å². The number of nitrogens with two attached hydrogens (primary N) is 1. The Morgan fingerprint density at radius 2 is 1.55 bits per heavy atom. The molecule has 20 heavy (non-hydrogen) atoms. The topological polar surface area (TPSA) is 60.2 Å². The summed E-state index contributed by atoms with van der Waals surface area (Å²) in [6, 6.07) is 10.9. The molecule has 0 amide bonds. The summed E-state index contributed by atoms with van der Waals surface area (Å²) >= 11 is 0. The summed E-state index contributed by atoms with van der Waals surface area (Å²) < 4.78 is 25.1. The van der Waals surface area contributed by atoms with Gasteiger partial charge in [-0.15, -0.1) is 0 Å². The van der Waals surface area contributed by atoms with E-state index in [2.05, 4.69) is 0 Å². The monoisotopic (exact) mass is 289 g/mol. The van der Waals surface area contributed by atoms with Gasteiger partial charge in [-0.2, -0.15) is 0 Å². The summed E-state index contributed by atoms with van der Waals surface area (Å²) in [5, 5.41) is 0. The zero-order chi connectivity index (χ0) is 14.9. The third kappa shape index (κ3) is 3.02. The molecule has 0 fully saturated rings. The average Bonchev–Trinajstić information content (AvgIpc) is 2.36. The summed E-state index contributed by atoms with van der Waals surface area (Å²) in [5.74, 6) is -0.0197. The van der Waals surface area contributed by atoms with Crippen LogP contribution in [0.25, 0.3) is 0 Å². The first-order chi connectivity index (χ1) is 9.29. The maximum absolute atomic E-state index is 12.6. The smallest absolute Gasteiger partial charge is 0.184 e. The van der Waals surface area contributed by atoms with Gasteiger partial charge in [0.2, 0.25) is 0 Å². The molecule has 0 radical (unpaired) electrons. The highest BCUT2D eigenvalue weighted by Crippen LogP contribution is 2.25. The van der Waals surface area contributed by atoms with E-state index in [9.17, 15) is 8.42 Å². The second-order valence-corrected chi connectivity index (χ2v) is 7.19. The molecule has 0 atom stereocenters. The number of hydrogen-bond donors (Lipinski definition) is 1. The van der Waals surface area contributed by atoms with E-state index in [1.54, 1.807) is 12.1 Å². The molecule has 0 spiro atoms. The zero-order valence-electron chi connectivity index (χ0n) is 12.0. The predicted octanol–water partition coefficient (Wildman–Crippen LogP) is 3.17. The first-order valence-electron chi connectivity index (χ1n) is 6.44. The third-order valence-electron chi connectivity index (χ3n) is 3.35. The minimum atomic E-state index is -3.43. The van der Waals surface area contributed by atoms with Gasteiger partial charge in [0.05, 0.1) is 16.3 Å². The van der Waals surface area contributed by atoms with Crippen molar-refractivity contribution in [3.05, 3.63) is 58.7 Å². The number of rotatable bonds is 3. The standard InChI is InChI=1S/C16H19NO2S/c1-11-4-6-13(3)14(8-11)10-20(18,19)16-9-12(2)5-7-15(16)17/h4-9H,10,17H2,1-3H3. The molecule has 2 rings (SSSR count). The third-order valence-corrected chi connectivity index (χ3v) is 5.07. The van der Waals surface area contributed by atoms with Crippen molar-refractivity contribution in [3.8, 4) is 0 Å². The van der Waals surface area contributed by atoms with Crippen LogP contribution in [0.3, 0.4) is 0 Å². The molecule has 2 N–H and O–H groups in total. The van der Waals surface area contributed by atoms with Gasteiger partial charge >= 0.3 is 0 Å². The molecule has 0 saturated heterocycles. The maximum Gasteiger partial charge on any atom is 0.184 e. The molecule has 0 aliphatic heterocycles. The number of hydrogen-bond acceptors (Lipinski definition) is 3. The van der Waals surface area contributed by atoms with Crippen molar-refractivity contribution in [2.24, 2.45) is 0 Å². The van der Waals surface area contributed by atoms with Crippen LogP contribution in [-0.4, -0.2) is 8.42 Å². The summed E-state index contributed by atoms with van der Waals surface area (Å²) in [4.78, 5) is 0.221. The maximum atomic E-state index is 12.6. The minimum absolute atomic E-state index is 0.0197. The molecule has 0 unspecified atom stereocenters. The molecule has 3 nitrogen and oxygen atoms in total. The number of benzene rings is 2. The van der Waals surface area contributed by atoms with Crippen molar-refractivity contribution in [1.29, 1.82) is 0 Å². The fourth-order valence-electron chi connectivity index (χ4n) is 2.15. The molecular weight excluding hydrogens is 270 g/mol. The second kappa shape index (κ2) is 5.29. The quantitative estimate of drug-likeness (QED) is 0.883. The van der Waals surface area contributed by atoms with E-state index in [1.807, 2.05) is 45.0 Å². The minimum Gasteiger partial charge on any atom is -0.398 e. The summed E-state index contributed by atoms with van der Waals surface area (Å²) in [7, 11) is -3.43. The molecule has 4 heteroatoms.